The average molecular weight is 218 g/mol. The molecule has 4 saturated carbocycles. The second-order valence-corrected chi connectivity index (χ2v) is 5.72. The standard InChI is InChI=1S/C14H18O2/c1-16-14(15)3-2-13-11-5-9-4-10(7-11)8-12(13)6-9/h9-13H,4-8H2,1H3. The Morgan fingerprint density at radius 3 is 2.12 bits per heavy atom. The SMILES string of the molecule is COC(=O)C#CC1C2CC3CC(C2)CC1C3. The smallest absolute Gasteiger partial charge is 0.384 e. The molecule has 0 N–H and O–H groups in total. The van der Waals surface area contributed by atoms with E-state index in [1.54, 1.807) is 0 Å². The van der Waals surface area contributed by atoms with Crippen molar-refractivity contribution in [3.63, 3.8) is 0 Å². The van der Waals surface area contributed by atoms with E-state index in [-0.39, 0.29) is 5.97 Å². The number of rotatable bonds is 0. The van der Waals surface area contributed by atoms with Crippen molar-refractivity contribution in [2.75, 3.05) is 7.11 Å². The third-order valence-electron chi connectivity index (χ3n) is 4.75. The van der Waals surface area contributed by atoms with Crippen molar-refractivity contribution >= 4 is 5.97 Å². The number of carbonyl (C=O) groups excluding carboxylic acids is 1. The van der Waals surface area contributed by atoms with Crippen molar-refractivity contribution in [3.8, 4) is 11.8 Å². The van der Waals surface area contributed by atoms with E-state index in [1.165, 1.54) is 39.2 Å². The molecule has 0 radical (unpaired) electrons. The molecule has 4 bridgehead atoms. The van der Waals surface area contributed by atoms with Crippen molar-refractivity contribution in [3.05, 3.63) is 0 Å². The van der Waals surface area contributed by atoms with Crippen molar-refractivity contribution in [1.29, 1.82) is 0 Å². The molecule has 2 heteroatoms. The minimum atomic E-state index is -0.381. The predicted octanol–water partition coefficient (Wildman–Crippen LogP) is 2.24. The Bertz CT molecular complexity index is 333. The van der Waals surface area contributed by atoms with Gasteiger partial charge in [-0.3, -0.25) is 0 Å². The Morgan fingerprint density at radius 1 is 1.06 bits per heavy atom. The van der Waals surface area contributed by atoms with Gasteiger partial charge in [0, 0.05) is 11.8 Å². The van der Waals surface area contributed by atoms with Gasteiger partial charge in [0.05, 0.1) is 7.11 Å². The molecule has 0 spiro atoms. The van der Waals surface area contributed by atoms with Crippen LogP contribution in [0.15, 0.2) is 0 Å². The van der Waals surface area contributed by atoms with Crippen LogP contribution in [0.5, 0.6) is 0 Å². The highest BCUT2D eigenvalue weighted by Crippen LogP contribution is 2.56. The number of carbonyl (C=O) groups is 1. The van der Waals surface area contributed by atoms with Crippen LogP contribution >= 0.6 is 0 Å². The summed E-state index contributed by atoms with van der Waals surface area (Å²) in [6, 6.07) is 0. The Labute approximate surface area is 96.7 Å². The van der Waals surface area contributed by atoms with E-state index in [2.05, 4.69) is 16.6 Å². The number of ether oxygens (including phenoxy) is 1. The van der Waals surface area contributed by atoms with E-state index in [9.17, 15) is 4.79 Å². The molecule has 0 saturated heterocycles. The molecule has 4 aliphatic rings. The first-order chi connectivity index (χ1) is 7.76. The molecule has 2 nitrogen and oxygen atoms in total. The van der Waals surface area contributed by atoms with Crippen LogP contribution in [0.1, 0.15) is 32.1 Å². The Balaban J connectivity index is 1.76. The summed E-state index contributed by atoms with van der Waals surface area (Å²) in [4.78, 5) is 11.1. The minimum absolute atomic E-state index is 0.381. The van der Waals surface area contributed by atoms with Gasteiger partial charge in [0.25, 0.3) is 0 Å². The van der Waals surface area contributed by atoms with Gasteiger partial charge >= 0.3 is 5.97 Å². The molecule has 4 rings (SSSR count). The van der Waals surface area contributed by atoms with Crippen LogP contribution in [0.2, 0.25) is 0 Å². The fourth-order valence-electron chi connectivity index (χ4n) is 4.35. The van der Waals surface area contributed by atoms with Crippen LogP contribution < -0.4 is 0 Å². The van der Waals surface area contributed by atoms with E-state index in [0.29, 0.717) is 5.92 Å². The first kappa shape index (κ1) is 10.2. The Hall–Kier alpha value is -0.970. The minimum Gasteiger partial charge on any atom is -0.459 e. The third-order valence-corrected chi connectivity index (χ3v) is 4.75. The van der Waals surface area contributed by atoms with E-state index in [0.717, 1.165) is 23.7 Å². The molecule has 16 heavy (non-hydrogen) atoms. The summed E-state index contributed by atoms with van der Waals surface area (Å²) in [5, 5.41) is 0. The van der Waals surface area contributed by atoms with Gasteiger partial charge in [-0.15, -0.1) is 0 Å². The molecule has 0 atom stereocenters. The zero-order valence-corrected chi connectivity index (χ0v) is 9.74. The normalized spacial score (nSPS) is 43.7. The molecule has 4 aliphatic carbocycles. The van der Waals surface area contributed by atoms with Gasteiger partial charge in [0.1, 0.15) is 0 Å². The van der Waals surface area contributed by atoms with E-state index in [4.69, 9.17) is 0 Å². The molecule has 0 aromatic heterocycles. The summed E-state index contributed by atoms with van der Waals surface area (Å²) in [5.41, 5.74) is 0. The Morgan fingerprint density at radius 2 is 1.62 bits per heavy atom. The predicted molar refractivity (Wildman–Crippen MR) is 60.3 cm³/mol. The first-order valence-corrected chi connectivity index (χ1v) is 6.35. The quantitative estimate of drug-likeness (QED) is 0.354. The maximum atomic E-state index is 11.1. The number of esters is 1. The fraction of sp³-hybridized carbons (Fsp3) is 0.786. The van der Waals surface area contributed by atoms with Crippen LogP contribution in [-0.2, 0) is 9.53 Å². The van der Waals surface area contributed by atoms with Gasteiger partial charge in [-0.2, -0.15) is 0 Å². The number of methoxy groups -OCH3 is 1. The summed E-state index contributed by atoms with van der Waals surface area (Å²) < 4.78 is 4.58. The van der Waals surface area contributed by atoms with Crippen LogP contribution in [0.3, 0.4) is 0 Å². The van der Waals surface area contributed by atoms with E-state index in [1.807, 2.05) is 0 Å². The second kappa shape index (κ2) is 3.80. The van der Waals surface area contributed by atoms with Gasteiger partial charge in [0.15, 0.2) is 0 Å². The lowest BCUT2D eigenvalue weighted by Gasteiger charge is -2.52. The number of hydrogen-bond acceptors (Lipinski definition) is 2. The largest absolute Gasteiger partial charge is 0.459 e. The molecular weight excluding hydrogens is 200 g/mol. The van der Waals surface area contributed by atoms with Gasteiger partial charge in [-0.1, -0.05) is 5.92 Å². The molecule has 86 valence electrons. The van der Waals surface area contributed by atoms with Crippen molar-refractivity contribution in [1.82, 2.24) is 0 Å². The molecule has 4 fully saturated rings. The molecule has 0 aliphatic heterocycles. The monoisotopic (exact) mass is 218 g/mol. The number of hydrogen-bond donors (Lipinski definition) is 0. The lowest BCUT2D eigenvalue weighted by molar-refractivity contribution is -0.133. The summed E-state index contributed by atoms with van der Waals surface area (Å²) >= 11 is 0. The molecular formula is C14H18O2. The van der Waals surface area contributed by atoms with Crippen LogP contribution in [-0.4, -0.2) is 13.1 Å². The molecule has 0 heterocycles. The highest BCUT2D eigenvalue weighted by Gasteiger charge is 2.47. The summed E-state index contributed by atoms with van der Waals surface area (Å²) in [6.45, 7) is 0. The van der Waals surface area contributed by atoms with Crippen LogP contribution in [0.4, 0.5) is 0 Å². The van der Waals surface area contributed by atoms with Gasteiger partial charge < -0.3 is 4.74 Å². The zero-order chi connectivity index (χ0) is 11.1. The Kier molecular flexibility index (Phi) is 2.42. The first-order valence-electron chi connectivity index (χ1n) is 6.35. The van der Waals surface area contributed by atoms with Crippen LogP contribution in [0, 0.1) is 41.4 Å². The molecule has 0 aromatic rings. The maximum Gasteiger partial charge on any atom is 0.384 e. The van der Waals surface area contributed by atoms with E-state index < -0.39 is 0 Å². The van der Waals surface area contributed by atoms with Gasteiger partial charge in [0.2, 0.25) is 0 Å². The van der Waals surface area contributed by atoms with Crippen LogP contribution in [0.25, 0.3) is 0 Å². The highest BCUT2D eigenvalue weighted by atomic mass is 16.5. The highest BCUT2D eigenvalue weighted by molar-refractivity contribution is 5.88. The lowest BCUT2D eigenvalue weighted by atomic mass is 9.52. The van der Waals surface area contributed by atoms with E-state index >= 15 is 0 Å². The maximum absolute atomic E-state index is 11.1. The summed E-state index contributed by atoms with van der Waals surface area (Å²) in [6.07, 6.45) is 6.88. The topological polar surface area (TPSA) is 26.3 Å². The molecule has 0 aromatic carbocycles. The van der Waals surface area contributed by atoms with Gasteiger partial charge in [-0.25, -0.2) is 4.79 Å². The summed E-state index contributed by atoms with van der Waals surface area (Å²) in [7, 11) is 1.40. The van der Waals surface area contributed by atoms with Gasteiger partial charge in [-0.05, 0) is 55.8 Å². The molecule has 0 amide bonds. The summed E-state index contributed by atoms with van der Waals surface area (Å²) in [5.74, 6) is 9.42. The third kappa shape index (κ3) is 1.63. The zero-order valence-electron chi connectivity index (χ0n) is 9.74. The average Bonchev–Trinajstić information content (AvgIpc) is 2.26. The van der Waals surface area contributed by atoms with Crippen molar-refractivity contribution < 1.29 is 9.53 Å². The van der Waals surface area contributed by atoms with Crippen molar-refractivity contribution in [2.45, 2.75) is 32.1 Å². The molecule has 0 unspecified atom stereocenters. The fourth-order valence-corrected chi connectivity index (χ4v) is 4.35. The van der Waals surface area contributed by atoms with Crippen molar-refractivity contribution in [2.24, 2.45) is 29.6 Å². The lowest BCUT2D eigenvalue weighted by Crippen LogP contribution is -2.44. The second-order valence-electron chi connectivity index (χ2n) is 5.72.